The number of rotatable bonds is 6. The molecule has 1 aromatic heterocycles. The van der Waals surface area contributed by atoms with E-state index in [1.54, 1.807) is 0 Å². The Labute approximate surface area is 162 Å². The quantitative estimate of drug-likeness (QED) is 0.788. The molecular formula is C22H30N4O. The standard InChI is InChI=1S/C22H30N4O/c27-21-8-10-22(18-26(21)16-20-6-2-1-3-7-20)9-4-12-24(17-22)13-5-14-25-15-11-23-19-25/h1-3,6-7,11,15,19H,4-5,8-10,12-14,16-18H2/t22-/m1/s1. The molecule has 1 spiro atoms. The first kappa shape index (κ1) is 18.2. The van der Waals surface area contributed by atoms with Crippen molar-refractivity contribution in [3.63, 3.8) is 0 Å². The fraction of sp³-hybridized carbons (Fsp3) is 0.545. The molecule has 0 aliphatic carbocycles. The van der Waals surface area contributed by atoms with Gasteiger partial charge in [0.15, 0.2) is 0 Å². The predicted octanol–water partition coefficient (Wildman–Crippen LogP) is 3.18. The molecule has 0 N–H and O–H groups in total. The lowest BCUT2D eigenvalue weighted by atomic mass is 9.73. The number of hydrogen-bond donors (Lipinski definition) is 0. The second-order valence-electron chi connectivity index (χ2n) is 8.27. The Hall–Kier alpha value is -2.14. The summed E-state index contributed by atoms with van der Waals surface area (Å²) in [7, 11) is 0. The van der Waals surface area contributed by atoms with E-state index in [4.69, 9.17) is 0 Å². The summed E-state index contributed by atoms with van der Waals surface area (Å²) in [4.78, 5) is 21.4. The number of hydrogen-bond acceptors (Lipinski definition) is 3. The normalized spacial score (nSPS) is 23.9. The van der Waals surface area contributed by atoms with Crippen LogP contribution in [0, 0.1) is 5.41 Å². The molecule has 0 radical (unpaired) electrons. The van der Waals surface area contributed by atoms with Gasteiger partial charge >= 0.3 is 0 Å². The average Bonchev–Trinajstić information content (AvgIpc) is 3.20. The molecule has 5 nitrogen and oxygen atoms in total. The molecular weight excluding hydrogens is 336 g/mol. The van der Waals surface area contributed by atoms with E-state index >= 15 is 0 Å². The van der Waals surface area contributed by atoms with E-state index in [0.717, 1.165) is 45.6 Å². The number of carbonyl (C=O) groups is 1. The lowest BCUT2D eigenvalue weighted by molar-refractivity contribution is -0.140. The Balaban J connectivity index is 1.34. The number of aromatic nitrogens is 2. The number of nitrogens with zero attached hydrogens (tertiary/aromatic N) is 4. The largest absolute Gasteiger partial charge is 0.338 e. The van der Waals surface area contributed by atoms with Gasteiger partial charge < -0.3 is 14.4 Å². The third kappa shape index (κ3) is 4.59. The van der Waals surface area contributed by atoms with Gasteiger partial charge in [-0.3, -0.25) is 4.79 Å². The van der Waals surface area contributed by atoms with Gasteiger partial charge in [0.25, 0.3) is 0 Å². The van der Waals surface area contributed by atoms with Crippen molar-refractivity contribution in [2.75, 3.05) is 26.2 Å². The number of benzene rings is 1. The van der Waals surface area contributed by atoms with E-state index in [1.165, 1.54) is 24.9 Å². The van der Waals surface area contributed by atoms with Gasteiger partial charge in [-0.15, -0.1) is 0 Å². The van der Waals surface area contributed by atoms with Crippen molar-refractivity contribution < 1.29 is 4.79 Å². The molecule has 2 aliphatic heterocycles. The first-order valence-electron chi connectivity index (χ1n) is 10.2. The summed E-state index contributed by atoms with van der Waals surface area (Å²) in [5.74, 6) is 0.321. The first-order valence-corrected chi connectivity index (χ1v) is 10.2. The minimum absolute atomic E-state index is 0.288. The summed E-state index contributed by atoms with van der Waals surface area (Å²) in [6.07, 6.45) is 11.2. The van der Waals surface area contributed by atoms with E-state index in [-0.39, 0.29) is 5.41 Å². The number of likely N-dealkylation sites (tertiary alicyclic amines) is 2. The van der Waals surface area contributed by atoms with Crippen molar-refractivity contribution in [1.29, 1.82) is 0 Å². The number of carbonyl (C=O) groups excluding carboxylic acids is 1. The first-order chi connectivity index (χ1) is 13.2. The van der Waals surface area contributed by atoms with Crippen molar-refractivity contribution in [3.8, 4) is 0 Å². The van der Waals surface area contributed by atoms with Crippen molar-refractivity contribution in [2.45, 2.75) is 45.2 Å². The predicted molar refractivity (Wildman–Crippen MR) is 106 cm³/mol. The minimum atomic E-state index is 0.288. The van der Waals surface area contributed by atoms with Gasteiger partial charge in [-0.05, 0) is 44.3 Å². The molecule has 5 heteroatoms. The highest BCUT2D eigenvalue weighted by molar-refractivity contribution is 5.77. The van der Waals surface area contributed by atoms with Crippen molar-refractivity contribution >= 4 is 5.91 Å². The van der Waals surface area contributed by atoms with E-state index in [1.807, 2.05) is 24.8 Å². The molecule has 27 heavy (non-hydrogen) atoms. The zero-order valence-electron chi connectivity index (χ0n) is 16.1. The monoisotopic (exact) mass is 366 g/mol. The molecule has 0 unspecified atom stereocenters. The summed E-state index contributed by atoms with van der Waals surface area (Å²) in [5, 5.41) is 0. The summed E-state index contributed by atoms with van der Waals surface area (Å²) in [6.45, 7) is 6.16. The summed E-state index contributed by atoms with van der Waals surface area (Å²) >= 11 is 0. The lowest BCUT2D eigenvalue weighted by Crippen LogP contribution is -2.53. The Kier molecular flexibility index (Phi) is 5.58. The van der Waals surface area contributed by atoms with Gasteiger partial charge in [0.1, 0.15) is 0 Å². The molecule has 0 bridgehead atoms. The van der Waals surface area contributed by atoms with Crippen molar-refractivity contribution in [1.82, 2.24) is 19.4 Å². The minimum Gasteiger partial charge on any atom is -0.338 e. The van der Waals surface area contributed by atoms with E-state index in [9.17, 15) is 4.79 Å². The maximum atomic E-state index is 12.5. The molecule has 1 aromatic carbocycles. The fourth-order valence-corrected chi connectivity index (χ4v) is 4.78. The zero-order chi connectivity index (χ0) is 18.5. The fourth-order valence-electron chi connectivity index (χ4n) is 4.78. The number of amides is 1. The number of aryl methyl sites for hydroxylation is 1. The topological polar surface area (TPSA) is 41.4 Å². The Morgan fingerprint density at radius 2 is 1.96 bits per heavy atom. The molecule has 1 amide bonds. The number of piperidine rings is 2. The van der Waals surface area contributed by atoms with Gasteiger partial charge in [0, 0.05) is 50.4 Å². The maximum Gasteiger partial charge on any atom is 0.222 e. The highest BCUT2D eigenvalue weighted by atomic mass is 16.2. The van der Waals surface area contributed by atoms with Crippen molar-refractivity contribution in [3.05, 3.63) is 54.6 Å². The average molecular weight is 367 g/mol. The third-order valence-electron chi connectivity index (χ3n) is 6.15. The van der Waals surface area contributed by atoms with Crippen molar-refractivity contribution in [2.24, 2.45) is 5.41 Å². The molecule has 1 atom stereocenters. The van der Waals surface area contributed by atoms with Crippen LogP contribution in [-0.4, -0.2) is 51.4 Å². The summed E-state index contributed by atoms with van der Waals surface area (Å²) < 4.78 is 2.15. The molecule has 2 aromatic rings. The molecule has 2 aliphatic rings. The lowest BCUT2D eigenvalue weighted by Gasteiger charge is -2.48. The van der Waals surface area contributed by atoms with Crippen LogP contribution in [-0.2, 0) is 17.9 Å². The van der Waals surface area contributed by atoms with E-state index < -0.39 is 0 Å². The van der Waals surface area contributed by atoms with Crippen LogP contribution in [0.1, 0.15) is 37.7 Å². The van der Waals surface area contributed by atoms with Crippen LogP contribution in [0.15, 0.2) is 49.1 Å². The summed E-state index contributed by atoms with van der Waals surface area (Å²) in [6, 6.07) is 10.4. The van der Waals surface area contributed by atoms with Crippen LogP contribution in [0.25, 0.3) is 0 Å². The molecule has 2 fully saturated rings. The van der Waals surface area contributed by atoms with Crippen LogP contribution in [0.5, 0.6) is 0 Å². The Morgan fingerprint density at radius 3 is 2.78 bits per heavy atom. The molecule has 4 rings (SSSR count). The van der Waals surface area contributed by atoms with E-state index in [2.05, 4.69) is 43.6 Å². The van der Waals surface area contributed by atoms with Crippen LogP contribution in [0.4, 0.5) is 0 Å². The van der Waals surface area contributed by atoms with Gasteiger partial charge in [0.05, 0.1) is 6.33 Å². The highest BCUT2D eigenvalue weighted by Crippen LogP contribution is 2.39. The number of imidazole rings is 1. The van der Waals surface area contributed by atoms with Crippen LogP contribution in [0.3, 0.4) is 0 Å². The van der Waals surface area contributed by atoms with E-state index in [0.29, 0.717) is 12.3 Å². The molecule has 3 heterocycles. The maximum absolute atomic E-state index is 12.5. The van der Waals surface area contributed by atoms with Crippen LogP contribution >= 0.6 is 0 Å². The summed E-state index contributed by atoms with van der Waals surface area (Å²) in [5.41, 5.74) is 1.52. The smallest absolute Gasteiger partial charge is 0.222 e. The van der Waals surface area contributed by atoms with Gasteiger partial charge in [-0.1, -0.05) is 30.3 Å². The second kappa shape index (κ2) is 8.26. The van der Waals surface area contributed by atoms with Gasteiger partial charge in [-0.25, -0.2) is 4.98 Å². The van der Waals surface area contributed by atoms with Gasteiger partial charge in [-0.2, -0.15) is 0 Å². The zero-order valence-corrected chi connectivity index (χ0v) is 16.1. The third-order valence-corrected chi connectivity index (χ3v) is 6.15. The van der Waals surface area contributed by atoms with Gasteiger partial charge in [0.2, 0.25) is 5.91 Å². The molecule has 144 valence electrons. The molecule has 2 saturated heterocycles. The Bertz CT molecular complexity index is 730. The molecule has 0 saturated carbocycles. The van der Waals surface area contributed by atoms with Crippen LogP contribution in [0.2, 0.25) is 0 Å². The second-order valence-corrected chi connectivity index (χ2v) is 8.27. The SMILES string of the molecule is O=C1CC[C@@]2(CCCN(CCCn3ccnc3)C2)CN1Cc1ccccc1. The Morgan fingerprint density at radius 1 is 1.07 bits per heavy atom. The highest BCUT2D eigenvalue weighted by Gasteiger charge is 2.41. The van der Waals surface area contributed by atoms with Crippen LogP contribution < -0.4 is 0 Å².